The number of piperazine rings is 1. The van der Waals surface area contributed by atoms with Gasteiger partial charge in [0, 0.05) is 26.2 Å². The Morgan fingerprint density at radius 3 is 2.39 bits per heavy atom. The number of benzene rings is 2. The van der Waals surface area contributed by atoms with Crippen molar-refractivity contribution in [3.05, 3.63) is 53.8 Å². The van der Waals surface area contributed by atoms with Crippen LogP contribution in [0.5, 0.6) is 5.75 Å². The van der Waals surface area contributed by atoms with E-state index in [4.69, 9.17) is 4.74 Å². The maximum Gasteiger partial charge on any atom is 0.241 e. The molecular weight excluding hydrogens is 371 g/mol. The zero-order chi connectivity index (χ0) is 20.3. The largest absolute Gasteiger partial charge is 0.495 e. The summed E-state index contributed by atoms with van der Waals surface area (Å²) in [5.41, 5.74) is 0.619. The zero-order valence-electron chi connectivity index (χ0n) is 15.7. The second-order valence-electron chi connectivity index (χ2n) is 6.58. The molecule has 0 bridgehead atoms. The summed E-state index contributed by atoms with van der Waals surface area (Å²) in [4.78, 5) is 16.6. The molecule has 0 spiro atoms. The number of carbonyl (C=O) groups is 1. The molecule has 150 valence electrons. The Morgan fingerprint density at radius 1 is 1.04 bits per heavy atom. The number of nitrogens with one attached hydrogen (secondary N) is 1. The molecule has 0 saturated carbocycles. The number of carbonyl (C=O) groups excluding carboxylic acids is 1. The van der Waals surface area contributed by atoms with E-state index in [9.17, 15) is 18.0 Å². The van der Waals surface area contributed by atoms with Gasteiger partial charge in [0.2, 0.25) is 5.91 Å². The van der Waals surface area contributed by atoms with Crippen molar-refractivity contribution in [1.82, 2.24) is 4.90 Å². The molecule has 2 aromatic carbocycles. The van der Waals surface area contributed by atoms with Crippen molar-refractivity contribution in [3.8, 4) is 5.75 Å². The number of halogens is 3. The number of nitrogens with zero attached hydrogens (tertiary/aromatic N) is 2. The first-order valence-electron chi connectivity index (χ1n) is 8.98. The summed E-state index contributed by atoms with van der Waals surface area (Å²) in [6.07, 6.45) is 0. The van der Waals surface area contributed by atoms with Crippen molar-refractivity contribution >= 4 is 17.3 Å². The summed E-state index contributed by atoms with van der Waals surface area (Å²) in [5.74, 6) is -3.99. The van der Waals surface area contributed by atoms with Gasteiger partial charge in [-0.2, -0.15) is 0 Å². The van der Waals surface area contributed by atoms with Crippen LogP contribution in [-0.2, 0) is 4.79 Å². The fourth-order valence-electron chi connectivity index (χ4n) is 3.27. The molecule has 28 heavy (non-hydrogen) atoms. The Bertz CT molecular complexity index is 855. The number of ether oxygens (including phenoxy) is 1. The Kier molecular flexibility index (Phi) is 6.08. The summed E-state index contributed by atoms with van der Waals surface area (Å²) >= 11 is 0. The summed E-state index contributed by atoms with van der Waals surface area (Å²) in [6, 6.07) is 8.97. The predicted molar refractivity (Wildman–Crippen MR) is 101 cm³/mol. The minimum Gasteiger partial charge on any atom is -0.495 e. The third-order valence-electron chi connectivity index (χ3n) is 4.96. The highest BCUT2D eigenvalue weighted by Crippen LogP contribution is 2.28. The summed E-state index contributed by atoms with van der Waals surface area (Å²) < 4.78 is 45.5. The van der Waals surface area contributed by atoms with Crippen LogP contribution in [0, 0.1) is 17.5 Å². The lowest BCUT2D eigenvalue weighted by Crippen LogP contribution is -2.53. The first-order chi connectivity index (χ1) is 13.4. The number of amides is 1. The molecule has 1 amide bonds. The molecule has 2 aromatic rings. The maximum absolute atomic E-state index is 13.8. The highest BCUT2D eigenvalue weighted by Gasteiger charge is 2.27. The minimum atomic E-state index is -1.60. The average Bonchev–Trinajstić information content (AvgIpc) is 2.73. The Labute approximate surface area is 161 Å². The van der Waals surface area contributed by atoms with E-state index in [2.05, 4.69) is 10.2 Å². The molecule has 3 rings (SSSR count). The maximum atomic E-state index is 13.8. The monoisotopic (exact) mass is 393 g/mol. The predicted octanol–water partition coefficient (Wildman–Crippen LogP) is 3.26. The van der Waals surface area contributed by atoms with Crippen LogP contribution >= 0.6 is 0 Å². The third-order valence-corrected chi connectivity index (χ3v) is 4.96. The Hall–Kier alpha value is -2.74. The lowest BCUT2D eigenvalue weighted by Gasteiger charge is -2.38. The van der Waals surface area contributed by atoms with E-state index >= 15 is 0 Å². The number of hydrogen-bond donors (Lipinski definition) is 1. The van der Waals surface area contributed by atoms with Crippen LogP contribution in [0.2, 0.25) is 0 Å². The number of anilines is 2. The third kappa shape index (κ3) is 4.06. The molecule has 0 radical (unpaired) electrons. The van der Waals surface area contributed by atoms with Crippen LogP contribution in [0.3, 0.4) is 0 Å². The van der Waals surface area contributed by atoms with Crippen LogP contribution in [0.1, 0.15) is 6.92 Å². The molecule has 8 heteroatoms. The van der Waals surface area contributed by atoms with Crippen LogP contribution in [0.15, 0.2) is 36.4 Å². The van der Waals surface area contributed by atoms with Gasteiger partial charge in [-0.3, -0.25) is 9.69 Å². The molecular formula is C20H22F3N3O2. The van der Waals surface area contributed by atoms with Gasteiger partial charge in [0.05, 0.1) is 24.5 Å². The van der Waals surface area contributed by atoms with E-state index in [1.54, 1.807) is 14.0 Å². The summed E-state index contributed by atoms with van der Waals surface area (Å²) in [5, 5.41) is 2.34. The lowest BCUT2D eigenvalue weighted by molar-refractivity contribution is -0.120. The van der Waals surface area contributed by atoms with E-state index in [0.717, 1.165) is 23.6 Å². The number of hydrogen-bond acceptors (Lipinski definition) is 4. The first kappa shape index (κ1) is 20.0. The van der Waals surface area contributed by atoms with Crippen LogP contribution in [0.4, 0.5) is 24.5 Å². The second-order valence-corrected chi connectivity index (χ2v) is 6.58. The molecule has 1 aliphatic rings. The summed E-state index contributed by atoms with van der Waals surface area (Å²) in [6.45, 7) is 4.32. The number of methoxy groups -OCH3 is 1. The van der Waals surface area contributed by atoms with E-state index in [1.807, 2.05) is 29.2 Å². The van der Waals surface area contributed by atoms with E-state index in [1.165, 1.54) is 0 Å². The fourth-order valence-corrected chi connectivity index (χ4v) is 3.27. The molecule has 0 aromatic heterocycles. The van der Waals surface area contributed by atoms with Gasteiger partial charge in [-0.25, -0.2) is 13.2 Å². The van der Waals surface area contributed by atoms with E-state index in [-0.39, 0.29) is 5.69 Å². The van der Waals surface area contributed by atoms with Crippen molar-refractivity contribution in [2.75, 3.05) is 43.5 Å². The van der Waals surface area contributed by atoms with Gasteiger partial charge < -0.3 is 15.0 Å². The molecule has 0 aliphatic carbocycles. The van der Waals surface area contributed by atoms with Gasteiger partial charge >= 0.3 is 0 Å². The lowest BCUT2D eigenvalue weighted by atomic mass is 10.2. The van der Waals surface area contributed by atoms with Crippen LogP contribution in [0.25, 0.3) is 0 Å². The second kappa shape index (κ2) is 8.52. The van der Waals surface area contributed by atoms with Crippen LogP contribution in [-0.4, -0.2) is 50.1 Å². The standard InChI is InChI=1S/C20H22F3N3O2/c1-13(20(27)24-15-8-7-14(21)18(22)19(15)23)25-9-11-26(12-10-25)16-5-3-4-6-17(16)28-2/h3-8,13H,9-12H2,1-2H3,(H,24,27). The highest BCUT2D eigenvalue weighted by molar-refractivity contribution is 5.94. The number of rotatable bonds is 5. The number of para-hydroxylation sites is 2. The molecule has 1 saturated heterocycles. The van der Waals surface area contributed by atoms with Gasteiger partial charge in [-0.05, 0) is 31.2 Å². The normalized spacial score (nSPS) is 16.0. The van der Waals surface area contributed by atoms with Crippen molar-refractivity contribution in [2.45, 2.75) is 13.0 Å². The van der Waals surface area contributed by atoms with Crippen molar-refractivity contribution in [3.63, 3.8) is 0 Å². The minimum absolute atomic E-state index is 0.372. The quantitative estimate of drug-likeness (QED) is 0.792. The van der Waals surface area contributed by atoms with Crippen molar-refractivity contribution in [1.29, 1.82) is 0 Å². The van der Waals surface area contributed by atoms with Gasteiger partial charge in [0.1, 0.15) is 5.75 Å². The van der Waals surface area contributed by atoms with Gasteiger partial charge in [0.15, 0.2) is 17.5 Å². The molecule has 1 N–H and O–H groups in total. The van der Waals surface area contributed by atoms with Crippen molar-refractivity contribution < 1.29 is 22.7 Å². The Morgan fingerprint density at radius 2 is 1.71 bits per heavy atom. The molecule has 5 nitrogen and oxygen atoms in total. The molecule has 1 heterocycles. The highest BCUT2D eigenvalue weighted by atomic mass is 19.2. The zero-order valence-corrected chi connectivity index (χ0v) is 15.7. The van der Waals surface area contributed by atoms with Gasteiger partial charge in [-0.1, -0.05) is 12.1 Å². The van der Waals surface area contributed by atoms with Gasteiger partial charge in [-0.15, -0.1) is 0 Å². The van der Waals surface area contributed by atoms with Crippen molar-refractivity contribution in [2.24, 2.45) is 0 Å². The van der Waals surface area contributed by atoms with E-state index in [0.29, 0.717) is 26.2 Å². The van der Waals surface area contributed by atoms with Gasteiger partial charge in [0.25, 0.3) is 0 Å². The smallest absolute Gasteiger partial charge is 0.241 e. The molecule has 1 unspecified atom stereocenters. The average molecular weight is 393 g/mol. The SMILES string of the molecule is COc1ccccc1N1CCN(C(C)C(=O)Nc2ccc(F)c(F)c2F)CC1. The summed E-state index contributed by atoms with van der Waals surface area (Å²) in [7, 11) is 1.62. The topological polar surface area (TPSA) is 44.8 Å². The molecule has 1 aliphatic heterocycles. The molecule has 1 atom stereocenters. The Balaban J connectivity index is 1.61. The fraction of sp³-hybridized carbons (Fsp3) is 0.350. The van der Waals surface area contributed by atoms with Crippen LogP contribution < -0.4 is 15.0 Å². The first-order valence-corrected chi connectivity index (χ1v) is 8.98. The molecule has 1 fully saturated rings. The van der Waals surface area contributed by atoms with E-state index < -0.39 is 29.4 Å².